The summed E-state index contributed by atoms with van der Waals surface area (Å²) >= 11 is 1.62. The number of sulfone groups is 1. The van der Waals surface area contributed by atoms with Crippen molar-refractivity contribution in [1.29, 1.82) is 0 Å². The molecule has 0 bridgehead atoms. The summed E-state index contributed by atoms with van der Waals surface area (Å²) in [5, 5.41) is 14.6. The summed E-state index contributed by atoms with van der Waals surface area (Å²) in [4.78, 5) is 1.13. The van der Waals surface area contributed by atoms with Gasteiger partial charge >= 0.3 is 0 Å². The first-order valence-corrected chi connectivity index (χ1v) is 9.08. The highest BCUT2D eigenvalue weighted by Gasteiger charge is 2.05. The van der Waals surface area contributed by atoms with Gasteiger partial charge in [-0.3, -0.25) is 0 Å². The maximum Gasteiger partial charge on any atom is 0.147 e. The van der Waals surface area contributed by atoms with Gasteiger partial charge in [0.1, 0.15) is 9.84 Å². The molecule has 0 aliphatic heterocycles. The minimum Gasteiger partial charge on any atom is -0.389 e. The van der Waals surface area contributed by atoms with E-state index in [-0.39, 0.29) is 12.4 Å². The number of ether oxygens (including phenoxy) is 1. The lowest BCUT2D eigenvalue weighted by molar-refractivity contribution is 0.0300. The molecule has 5 nitrogen and oxygen atoms in total. The minimum absolute atomic E-state index is 0.172. The van der Waals surface area contributed by atoms with Crippen molar-refractivity contribution in [3.05, 3.63) is 22.4 Å². The quantitative estimate of drug-likeness (QED) is 0.621. The molecule has 0 amide bonds. The lowest BCUT2D eigenvalue weighted by atomic mass is 10.3. The van der Waals surface area contributed by atoms with Crippen LogP contribution in [0.1, 0.15) is 11.3 Å². The van der Waals surface area contributed by atoms with E-state index in [1.807, 2.05) is 17.5 Å². The maximum absolute atomic E-state index is 10.9. The number of aliphatic hydroxyl groups excluding tert-OH is 1. The van der Waals surface area contributed by atoms with E-state index in [9.17, 15) is 13.5 Å². The molecule has 1 aromatic rings. The smallest absolute Gasteiger partial charge is 0.147 e. The second-order valence-electron chi connectivity index (χ2n) is 4.44. The average molecular weight is 307 g/mol. The van der Waals surface area contributed by atoms with Gasteiger partial charge in [0.05, 0.1) is 25.1 Å². The Hall–Kier alpha value is -0.470. The lowest BCUT2D eigenvalue weighted by Crippen LogP contribution is -2.31. The molecule has 0 fully saturated rings. The second-order valence-corrected chi connectivity index (χ2v) is 7.73. The summed E-state index contributed by atoms with van der Waals surface area (Å²) in [7, 11) is -2.89. The standard InChI is InChI=1S/C12H21NO4S2/c1-19(15,16)7-3-5-13-8-11(14)9-17-10-12-4-2-6-18-12/h2,4,6,11,13-14H,3,5,7-10H2,1H3. The molecular weight excluding hydrogens is 286 g/mol. The van der Waals surface area contributed by atoms with Crippen LogP contribution in [0.4, 0.5) is 0 Å². The van der Waals surface area contributed by atoms with Crippen LogP contribution in [0.15, 0.2) is 17.5 Å². The zero-order valence-electron chi connectivity index (χ0n) is 11.0. The number of hydrogen-bond donors (Lipinski definition) is 2. The first-order valence-electron chi connectivity index (χ1n) is 6.14. The van der Waals surface area contributed by atoms with E-state index in [4.69, 9.17) is 4.74 Å². The molecule has 1 rings (SSSR count). The van der Waals surface area contributed by atoms with Crippen molar-refractivity contribution in [3.63, 3.8) is 0 Å². The zero-order valence-corrected chi connectivity index (χ0v) is 12.7. The van der Waals surface area contributed by atoms with Gasteiger partial charge in [0.15, 0.2) is 0 Å². The van der Waals surface area contributed by atoms with Crippen LogP contribution < -0.4 is 5.32 Å². The lowest BCUT2D eigenvalue weighted by Gasteiger charge is -2.11. The van der Waals surface area contributed by atoms with Gasteiger partial charge in [-0.2, -0.15) is 0 Å². The molecule has 0 aromatic carbocycles. The predicted octanol–water partition coefficient (Wildman–Crippen LogP) is 0.650. The second kappa shape index (κ2) is 8.65. The van der Waals surface area contributed by atoms with Crippen LogP contribution in [-0.2, 0) is 21.2 Å². The molecule has 0 saturated carbocycles. The fraction of sp³-hybridized carbons (Fsp3) is 0.667. The highest BCUT2D eigenvalue weighted by molar-refractivity contribution is 7.90. The maximum atomic E-state index is 10.9. The molecule has 1 aromatic heterocycles. The Labute approximate surface area is 118 Å². The Kier molecular flexibility index (Phi) is 7.55. The summed E-state index contributed by atoms with van der Waals surface area (Å²) in [6.07, 6.45) is 1.21. The molecule has 19 heavy (non-hydrogen) atoms. The van der Waals surface area contributed by atoms with Crippen molar-refractivity contribution in [1.82, 2.24) is 5.32 Å². The van der Waals surface area contributed by atoms with Crippen LogP contribution in [0.2, 0.25) is 0 Å². The van der Waals surface area contributed by atoms with Crippen LogP contribution in [0, 0.1) is 0 Å². The van der Waals surface area contributed by atoms with Gasteiger partial charge in [-0.05, 0) is 24.4 Å². The minimum atomic E-state index is -2.89. The summed E-state index contributed by atoms with van der Waals surface area (Å²) < 4.78 is 27.1. The van der Waals surface area contributed by atoms with Crippen molar-refractivity contribution in [2.45, 2.75) is 19.1 Å². The largest absolute Gasteiger partial charge is 0.389 e. The Morgan fingerprint density at radius 2 is 2.32 bits per heavy atom. The van der Waals surface area contributed by atoms with Crippen molar-refractivity contribution in [2.24, 2.45) is 0 Å². The van der Waals surface area contributed by atoms with Crippen LogP contribution in [-0.4, -0.2) is 51.3 Å². The fourth-order valence-electron chi connectivity index (χ4n) is 1.48. The van der Waals surface area contributed by atoms with Crippen LogP contribution in [0.25, 0.3) is 0 Å². The third-order valence-electron chi connectivity index (χ3n) is 2.38. The van der Waals surface area contributed by atoms with E-state index >= 15 is 0 Å². The fourth-order valence-corrected chi connectivity index (χ4v) is 2.79. The molecule has 0 radical (unpaired) electrons. The van der Waals surface area contributed by atoms with Gasteiger partial charge in [0, 0.05) is 17.7 Å². The molecule has 7 heteroatoms. The molecule has 0 aliphatic rings. The monoisotopic (exact) mass is 307 g/mol. The Balaban J connectivity index is 1.97. The molecule has 1 unspecified atom stereocenters. The molecule has 110 valence electrons. The third-order valence-corrected chi connectivity index (χ3v) is 4.26. The summed E-state index contributed by atoms with van der Waals surface area (Å²) in [6, 6.07) is 3.95. The van der Waals surface area contributed by atoms with E-state index < -0.39 is 15.9 Å². The molecule has 0 spiro atoms. The number of thiophene rings is 1. The van der Waals surface area contributed by atoms with Gasteiger partial charge in [-0.15, -0.1) is 11.3 Å². The molecule has 0 saturated heterocycles. The van der Waals surface area contributed by atoms with E-state index in [0.29, 0.717) is 26.1 Å². The average Bonchev–Trinajstić information content (AvgIpc) is 2.80. The van der Waals surface area contributed by atoms with Crippen molar-refractivity contribution in [3.8, 4) is 0 Å². The summed E-state index contributed by atoms with van der Waals surface area (Å²) in [5.74, 6) is 0.172. The van der Waals surface area contributed by atoms with Gasteiger partial charge < -0.3 is 15.2 Å². The predicted molar refractivity (Wildman–Crippen MR) is 77.2 cm³/mol. The van der Waals surface area contributed by atoms with E-state index in [2.05, 4.69) is 5.32 Å². The topological polar surface area (TPSA) is 75.6 Å². The molecule has 1 heterocycles. The zero-order chi connectivity index (χ0) is 14.1. The molecule has 1 atom stereocenters. The first-order chi connectivity index (χ1) is 8.97. The SMILES string of the molecule is CS(=O)(=O)CCCNCC(O)COCc1cccs1. The van der Waals surface area contributed by atoms with Gasteiger partial charge in [0.25, 0.3) is 0 Å². The number of aliphatic hydroxyl groups is 1. The van der Waals surface area contributed by atoms with Gasteiger partial charge in [-0.1, -0.05) is 6.07 Å². The Bertz CT molecular complexity index is 431. The molecule has 2 N–H and O–H groups in total. The molecular formula is C12H21NO4S2. The third kappa shape index (κ3) is 9.12. The van der Waals surface area contributed by atoms with Gasteiger partial charge in [-0.25, -0.2) is 8.42 Å². The van der Waals surface area contributed by atoms with Gasteiger partial charge in [0.2, 0.25) is 0 Å². The highest BCUT2D eigenvalue weighted by atomic mass is 32.2. The summed E-state index contributed by atoms with van der Waals surface area (Å²) in [5.41, 5.74) is 0. The normalized spacial score (nSPS) is 13.6. The van der Waals surface area contributed by atoms with E-state index in [1.165, 1.54) is 6.26 Å². The van der Waals surface area contributed by atoms with Crippen molar-refractivity contribution >= 4 is 21.2 Å². The van der Waals surface area contributed by atoms with Crippen LogP contribution >= 0.6 is 11.3 Å². The van der Waals surface area contributed by atoms with Crippen LogP contribution in [0.3, 0.4) is 0 Å². The van der Waals surface area contributed by atoms with Crippen LogP contribution in [0.5, 0.6) is 0 Å². The number of rotatable bonds is 10. The number of hydrogen-bond acceptors (Lipinski definition) is 6. The van der Waals surface area contributed by atoms with E-state index in [1.54, 1.807) is 11.3 Å². The van der Waals surface area contributed by atoms with E-state index in [0.717, 1.165) is 4.88 Å². The highest BCUT2D eigenvalue weighted by Crippen LogP contribution is 2.09. The van der Waals surface area contributed by atoms with Crippen molar-refractivity contribution in [2.75, 3.05) is 31.7 Å². The van der Waals surface area contributed by atoms with Crippen molar-refractivity contribution < 1.29 is 18.3 Å². The Morgan fingerprint density at radius 1 is 1.53 bits per heavy atom. The first kappa shape index (κ1) is 16.6. The Morgan fingerprint density at radius 3 is 2.95 bits per heavy atom. The summed E-state index contributed by atoms with van der Waals surface area (Å²) in [6.45, 7) is 1.78. The molecule has 0 aliphatic carbocycles. The number of nitrogens with one attached hydrogen (secondary N) is 1.